The molecule has 0 aliphatic carbocycles. The maximum absolute atomic E-state index is 12.0. The molecule has 2 heterocycles. The van der Waals surface area contributed by atoms with E-state index in [1.807, 2.05) is 68.5 Å². The highest BCUT2D eigenvalue weighted by molar-refractivity contribution is 8.03. The maximum Gasteiger partial charge on any atom is 0.321 e. The second-order valence-electron chi connectivity index (χ2n) is 9.42. The molecule has 1 unspecified atom stereocenters. The molecule has 218 valence electrons. The number of amides is 1. The minimum atomic E-state index is -1.09. The Balaban J connectivity index is 1.57. The number of aliphatic carboxylic acids is 1. The van der Waals surface area contributed by atoms with E-state index in [2.05, 4.69) is 25.6 Å². The number of aryl methyl sites for hydroxylation is 2. The van der Waals surface area contributed by atoms with Crippen molar-refractivity contribution in [3.63, 3.8) is 0 Å². The summed E-state index contributed by atoms with van der Waals surface area (Å²) in [6, 6.07) is 14.2. The largest absolute Gasteiger partial charge is 0.480 e. The second-order valence-corrected chi connectivity index (χ2v) is 10.6. The summed E-state index contributed by atoms with van der Waals surface area (Å²) in [6.07, 6.45) is 5.06. The molecule has 0 aliphatic heterocycles. The van der Waals surface area contributed by atoms with Gasteiger partial charge in [-0.05, 0) is 73.5 Å². The fourth-order valence-electron chi connectivity index (χ4n) is 3.85. The number of carboxylic acids is 1. The van der Waals surface area contributed by atoms with Crippen LogP contribution in [0.25, 0.3) is 17.0 Å². The highest BCUT2D eigenvalue weighted by Crippen LogP contribution is 2.30. The van der Waals surface area contributed by atoms with Crippen LogP contribution >= 0.6 is 11.8 Å². The summed E-state index contributed by atoms with van der Waals surface area (Å²) in [7, 11) is 1.44. The number of aromatic nitrogens is 3. The van der Waals surface area contributed by atoms with Gasteiger partial charge in [-0.2, -0.15) is 0 Å². The van der Waals surface area contributed by atoms with E-state index < -0.39 is 12.0 Å². The minimum absolute atomic E-state index is 0.0787. The van der Waals surface area contributed by atoms with Crippen LogP contribution in [0.2, 0.25) is 0 Å². The summed E-state index contributed by atoms with van der Waals surface area (Å²) in [5.41, 5.74) is 9.93. The molecule has 1 amide bonds. The van der Waals surface area contributed by atoms with Crippen molar-refractivity contribution in [2.45, 2.75) is 19.9 Å². The summed E-state index contributed by atoms with van der Waals surface area (Å²) in [4.78, 5) is 37.0. The number of methoxy groups -OCH3 is 1. The highest BCUT2D eigenvalue weighted by atomic mass is 32.2. The molecule has 0 bridgehead atoms. The fourth-order valence-corrected chi connectivity index (χ4v) is 4.78. The summed E-state index contributed by atoms with van der Waals surface area (Å²) in [5.74, 6) is 0.757. The molecule has 4 rings (SSSR count). The summed E-state index contributed by atoms with van der Waals surface area (Å²) >= 11 is 1.27. The van der Waals surface area contributed by atoms with Crippen molar-refractivity contribution in [3.05, 3.63) is 82.8 Å². The Morgan fingerprint density at radius 3 is 2.64 bits per heavy atom. The van der Waals surface area contributed by atoms with E-state index >= 15 is 0 Å². The molecule has 12 heteroatoms. The highest BCUT2D eigenvalue weighted by Gasteiger charge is 2.14. The van der Waals surface area contributed by atoms with Gasteiger partial charge < -0.3 is 30.9 Å². The van der Waals surface area contributed by atoms with Gasteiger partial charge in [0.2, 0.25) is 5.91 Å². The normalized spacial score (nSPS) is 12.1. The van der Waals surface area contributed by atoms with Crippen molar-refractivity contribution in [2.75, 3.05) is 31.3 Å². The van der Waals surface area contributed by atoms with Crippen molar-refractivity contribution < 1.29 is 24.2 Å². The average molecular weight is 589 g/mol. The van der Waals surface area contributed by atoms with Gasteiger partial charge in [0.05, 0.1) is 11.7 Å². The quantitative estimate of drug-likeness (QED) is 0.175. The molecule has 1 atom stereocenters. The molecule has 0 saturated heterocycles. The Kier molecular flexibility index (Phi) is 10.4. The molecule has 0 spiro atoms. The maximum atomic E-state index is 12.0. The van der Waals surface area contributed by atoms with Crippen LogP contribution in [0.3, 0.4) is 0 Å². The first-order valence-corrected chi connectivity index (χ1v) is 14.0. The molecule has 4 aromatic rings. The molecular formula is C30H32N6O5S. The van der Waals surface area contributed by atoms with E-state index in [-0.39, 0.29) is 24.8 Å². The number of carboxylic acid groups (broad SMARTS) is 1. The number of anilines is 2. The zero-order valence-electron chi connectivity index (χ0n) is 23.5. The van der Waals surface area contributed by atoms with Crippen molar-refractivity contribution in [1.82, 2.24) is 20.3 Å². The number of benzene rings is 2. The number of rotatable bonds is 13. The van der Waals surface area contributed by atoms with Crippen LogP contribution < -0.4 is 21.1 Å². The van der Waals surface area contributed by atoms with E-state index in [1.165, 1.54) is 25.2 Å². The van der Waals surface area contributed by atoms with Gasteiger partial charge in [-0.1, -0.05) is 6.07 Å². The molecule has 11 nitrogen and oxygen atoms in total. The van der Waals surface area contributed by atoms with E-state index in [4.69, 9.17) is 15.2 Å². The number of carbonyl (C=O) groups is 2. The minimum Gasteiger partial charge on any atom is -0.480 e. The number of thioether (sulfide) groups is 1. The van der Waals surface area contributed by atoms with E-state index in [0.717, 1.165) is 44.1 Å². The number of pyridine rings is 1. The van der Waals surface area contributed by atoms with Gasteiger partial charge in [-0.25, -0.2) is 9.97 Å². The van der Waals surface area contributed by atoms with Crippen LogP contribution in [-0.2, 0) is 14.3 Å². The Bertz CT molecular complexity index is 1600. The third kappa shape index (κ3) is 8.49. The van der Waals surface area contributed by atoms with Crippen LogP contribution in [0, 0.1) is 13.8 Å². The van der Waals surface area contributed by atoms with Gasteiger partial charge in [0.15, 0.2) is 0 Å². The molecule has 2 aromatic heterocycles. The Hall–Kier alpha value is -4.52. The molecule has 42 heavy (non-hydrogen) atoms. The molecular weight excluding hydrogens is 556 g/mol. The van der Waals surface area contributed by atoms with Gasteiger partial charge >= 0.3 is 5.97 Å². The van der Waals surface area contributed by atoms with Crippen LogP contribution in [0.15, 0.2) is 66.0 Å². The lowest BCUT2D eigenvalue weighted by Crippen LogP contribution is -2.33. The second kappa shape index (κ2) is 14.4. The first kappa shape index (κ1) is 30.4. The van der Waals surface area contributed by atoms with Crippen molar-refractivity contribution in [2.24, 2.45) is 5.73 Å². The number of hydrogen-bond donors (Lipinski definition) is 4. The van der Waals surface area contributed by atoms with Crippen molar-refractivity contribution >= 4 is 52.1 Å². The Morgan fingerprint density at radius 2 is 1.93 bits per heavy atom. The van der Waals surface area contributed by atoms with Crippen molar-refractivity contribution in [3.8, 4) is 11.5 Å². The molecule has 0 fully saturated rings. The monoisotopic (exact) mass is 588 g/mol. The van der Waals surface area contributed by atoms with E-state index in [9.17, 15) is 14.7 Å². The van der Waals surface area contributed by atoms with Crippen LogP contribution in [0.5, 0.6) is 11.5 Å². The Morgan fingerprint density at radius 1 is 1.10 bits per heavy atom. The van der Waals surface area contributed by atoms with Gasteiger partial charge in [-0.3, -0.25) is 14.6 Å². The van der Waals surface area contributed by atoms with Crippen LogP contribution in [-0.4, -0.2) is 64.0 Å². The number of fused-ring (bicyclic) bond motifs is 1. The van der Waals surface area contributed by atoms with Gasteiger partial charge in [0, 0.05) is 41.1 Å². The number of hydrogen-bond acceptors (Lipinski definition) is 10. The van der Waals surface area contributed by atoms with Crippen LogP contribution in [0.1, 0.15) is 16.8 Å². The SMILES string of the molecule is COCC(=O)NC/C(=C\c1ccc2ncnc(Nc3ccc(Oc4ccc(C)nc4)c(C)c3)c2c1)SCC(N)C(=O)O. The fraction of sp³-hybridized carbons (Fsp3) is 0.233. The number of nitrogens with zero attached hydrogens (tertiary/aromatic N) is 3. The third-order valence-corrected chi connectivity index (χ3v) is 7.20. The lowest BCUT2D eigenvalue weighted by molar-refractivity contribution is -0.137. The zero-order valence-corrected chi connectivity index (χ0v) is 24.3. The number of carbonyl (C=O) groups excluding carboxylic acids is 1. The topological polar surface area (TPSA) is 162 Å². The summed E-state index contributed by atoms with van der Waals surface area (Å²) in [5, 5.41) is 16.1. The number of nitrogens with two attached hydrogens (primary N) is 1. The van der Waals surface area contributed by atoms with Gasteiger partial charge in [0.1, 0.15) is 36.3 Å². The standard InChI is InChI=1S/C30H32N6O5S/c1-18-10-21(6-9-27(18)41-22-7-4-19(2)32-13-22)36-29-24-12-20(5-8-26(24)34-17-35-29)11-23(14-33-28(37)15-40-3)42-16-25(31)30(38)39/h4-13,17,25H,14-16,31H2,1-3H3,(H,33,37)(H,38,39)(H,34,35,36)/b23-11+. The lowest BCUT2D eigenvalue weighted by atomic mass is 10.1. The third-order valence-electron chi connectivity index (χ3n) is 6.04. The molecule has 2 aromatic carbocycles. The zero-order chi connectivity index (χ0) is 30.1. The predicted octanol–water partition coefficient (Wildman–Crippen LogP) is 4.43. The number of nitrogens with one attached hydrogen (secondary N) is 2. The van der Waals surface area contributed by atoms with Crippen molar-refractivity contribution in [1.29, 1.82) is 0 Å². The molecule has 0 saturated carbocycles. The molecule has 5 N–H and O–H groups in total. The summed E-state index contributed by atoms with van der Waals surface area (Å²) < 4.78 is 10.9. The van der Waals surface area contributed by atoms with E-state index in [0.29, 0.717) is 11.6 Å². The average Bonchev–Trinajstić information content (AvgIpc) is 2.97. The smallest absolute Gasteiger partial charge is 0.321 e. The van der Waals surface area contributed by atoms with E-state index in [1.54, 1.807) is 6.20 Å². The molecule has 0 aliphatic rings. The first-order chi connectivity index (χ1) is 20.2. The molecule has 0 radical (unpaired) electrons. The predicted molar refractivity (Wildman–Crippen MR) is 164 cm³/mol. The summed E-state index contributed by atoms with van der Waals surface area (Å²) in [6.45, 7) is 4.00. The Labute approximate surface area is 247 Å². The lowest BCUT2D eigenvalue weighted by Gasteiger charge is -2.13. The first-order valence-electron chi connectivity index (χ1n) is 13.0. The van der Waals surface area contributed by atoms with Gasteiger partial charge in [-0.15, -0.1) is 11.8 Å². The number of ether oxygens (including phenoxy) is 2. The van der Waals surface area contributed by atoms with Gasteiger partial charge in [0.25, 0.3) is 0 Å². The van der Waals surface area contributed by atoms with Crippen LogP contribution in [0.4, 0.5) is 11.5 Å².